The lowest BCUT2D eigenvalue weighted by molar-refractivity contribution is 0.186. The first-order chi connectivity index (χ1) is 6.21. The molecule has 1 heterocycles. The van der Waals surface area contributed by atoms with E-state index in [1.807, 2.05) is 12.1 Å². The fourth-order valence-corrected chi connectivity index (χ4v) is 2.62. The molecule has 0 bridgehead atoms. The zero-order valence-corrected chi connectivity index (χ0v) is 11.2. The summed E-state index contributed by atoms with van der Waals surface area (Å²) in [5.74, 6) is 0. The van der Waals surface area contributed by atoms with Crippen LogP contribution in [0.5, 0.6) is 0 Å². The van der Waals surface area contributed by atoms with E-state index in [0.29, 0.717) is 0 Å². The van der Waals surface area contributed by atoms with Gasteiger partial charge in [0.2, 0.25) is 0 Å². The molecule has 1 rings (SSSR count). The van der Waals surface area contributed by atoms with Gasteiger partial charge in [-0.1, -0.05) is 0 Å². The first-order valence-electron chi connectivity index (χ1n) is 5.44. The van der Waals surface area contributed by atoms with Crippen LogP contribution >= 0.6 is 12.1 Å². The van der Waals surface area contributed by atoms with Crippen LogP contribution in [-0.2, 0) is 0 Å². The zero-order chi connectivity index (χ0) is 11.0. The Balaban J connectivity index is 2.61. The highest BCUT2D eigenvalue weighted by atomic mass is 32.2. The molecule has 0 N–H and O–H groups in total. The third-order valence-corrected chi connectivity index (χ3v) is 4.27. The van der Waals surface area contributed by atoms with Gasteiger partial charge in [0.1, 0.15) is 0 Å². The third kappa shape index (κ3) is 3.14. The van der Waals surface area contributed by atoms with E-state index in [0.717, 1.165) is 0 Å². The molecule has 14 heavy (non-hydrogen) atoms. The molecule has 1 fully saturated rings. The molecule has 1 aliphatic heterocycles. The standard InChI is InChI=1S/C11H24N2S/c1-10(2,3)12-8-7-9-13(14-12)11(4,5)6/h7-9H2,1-6H3. The minimum absolute atomic E-state index is 0.272. The summed E-state index contributed by atoms with van der Waals surface area (Å²) in [7, 11) is 0. The maximum absolute atomic E-state index is 2.49. The van der Waals surface area contributed by atoms with Crippen LogP contribution in [0, 0.1) is 0 Å². The van der Waals surface area contributed by atoms with Crippen LogP contribution in [0.3, 0.4) is 0 Å². The maximum Gasteiger partial charge on any atom is 0.0241 e. The second-order valence-corrected chi connectivity index (χ2v) is 7.03. The smallest absolute Gasteiger partial charge is 0.0241 e. The van der Waals surface area contributed by atoms with Crippen LogP contribution < -0.4 is 0 Å². The number of nitrogens with zero attached hydrogens (tertiary/aromatic N) is 2. The van der Waals surface area contributed by atoms with E-state index in [1.165, 1.54) is 19.5 Å². The van der Waals surface area contributed by atoms with Crippen molar-refractivity contribution in [1.29, 1.82) is 0 Å². The van der Waals surface area contributed by atoms with E-state index in [1.54, 1.807) is 0 Å². The second-order valence-electron chi connectivity index (χ2n) is 5.98. The van der Waals surface area contributed by atoms with Gasteiger partial charge in [-0.3, -0.25) is 0 Å². The summed E-state index contributed by atoms with van der Waals surface area (Å²) < 4.78 is 4.98. The molecule has 0 atom stereocenters. The van der Waals surface area contributed by atoms with Crippen molar-refractivity contribution in [1.82, 2.24) is 8.61 Å². The maximum atomic E-state index is 2.49. The Labute approximate surface area is 93.3 Å². The molecule has 0 unspecified atom stereocenters. The van der Waals surface area contributed by atoms with Crippen molar-refractivity contribution in [3.63, 3.8) is 0 Å². The molecule has 0 radical (unpaired) electrons. The van der Waals surface area contributed by atoms with Gasteiger partial charge in [-0.05, 0) is 48.0 Å². The van der Waals surface area contributed by atoms with E-state index in [9.17, 15) is 0 Å². The van der Waals surface area contributed by atoms with E-state index < -0.39 is 0 Å². The Morgan fingerprint density at radius 3 is 1.43 bits per heavy atom. The van der Waals surface area contributed by atoms with Crippen molar-refractivity contribution in [2.45, 2.75) is 59.0 Å². The van der Waals surface area contributed by atoms with Crippen molar-refractivity contribution in [3.8, 4) is 0 Å². The predicted octanol–water partition coefficient (Wildman–Crippen LogP) is 3.15. The average Bonchev–Trinajstić information content (AvgIpc) is 2.01. The van der Waals surface area contributed by atoms with E-state index in [-0.39, 0.29) is 11.1 Å². The Morgan fingerprint density at radius 1 is 0.786 bits per heavy atom. The van der Waals surface area contributed by atoms with Gasteiger partial charge in [-0.2, -0.15) is 0 Å². The minimum atomic E-state index is 0.272. The monoisotopic (exact) mass is 216 g/mol. The number of hydrogen-bond donors (Lipinski definition) is 0. The molecule has 0 aromatic rings. The molecule has 0 aliphatic carbocycles. The summed E-state index contributed by atoms with van der Waals surface area (Å²) in [4.78, 5) is 0. The van der Waals surface area contributed by atoms with Gasteiger partial charge in [-0.25, -0.2) is 8.61 Å². The second kappa shape index (κ2) is 4.03. The molecule has 0 amide bonds. The largest absolute Gasteiger partial charge is 0.232 e. The van der Waals surface area contributed by atoms with Gasteiger partial charge in [0.05, 0.1) is 0 Å². The summed E-state index contributed by atoms with van der Waals surface area (Å²) in [5, 5.41) is 0. The Hall–Kier alpha value is 0.270. The summed E-state index contributed by atoms with van der Waals surface area (Å²) in [6, 6.07) is 0. The normalized spacial score (nSPS) is 22.7. The molecule has 0 spiro atoms. The Morgan fingerprint density at radius 2 is 1.14 bits per heavy atom. The zero-order valence-electron chi connectivity index (χ0n) is 10.4. The van der Waals surface area contributed by atoms with Crippen molar-refractivity contribution in [2.75, 3.05) is 13.1 Å². The molecule has 0 aromatic carbocycles. The highest BCUT2D eigenvalue weighted by Gasteiger charge is 2.32. The van der Waals surface area contributed by atoms with Gasteiger partial charge in [-0.15, -0.1) is 0 Å². The molecule has 2 nitrogen and oxygen atoms in total. The Kier molecular flexibility index (Phi) is 3.55. The lowest BCUT2D eigenvalue weighted by Gasteiger charge is -2.46. The van der Waals surface area contributed by atoms with E-state index in [4.69, 9.17) is 0 Å². The molecule has 1 saturated heterocycles. The Bertz CT molecular complexity index is 170. The van der Waals surface area contributed by atoms with Crippen LogP contribution in [0.4, 0.5) is 0 Å². The number of rotatable bonds is 0. The van der Waals surface area contributed by atoms with Gasteiger partial charge >= 0.3 is 0 Å². The lowest BCUT2D eigenvalue weighted by atomic mass is 10.1. The van der Waals surface area contributed by atoms with E-state index in [2.05, 4.69) is 50.2 Å². The van der Waals surface area contributed by atoms with Gasteiger partial charge < -0.3 is 0 Å². The van der Waals surface area contributed by atoms with Crippen LogP contribution in [-0.4, -0.2) is 32.8 Å². The van der Waals surface area contributed by atoms with Crippen molar-refractivity contribution >= 4 is 12.1 Å². The minimum Gasteiger partial charge on any atom is -0.232 e. The molecule has 0 aromatic heterocycles. The highest BCUT2D eigenvalue weighted by Crippen LogP contribution is 2.34. The fraction of sp³-hybridized carbons (Fsp3) is 1.00. The molecule has 3 heteroatoms. The first-order valence-corrected chi connectivity index (χ1v) is 6.18. The van der Waals surface area contributed by atoms with Crippen molar-refractivity contribution in [3.05, 3.63) is 0 Å². The SMILES string of the molecule is CC(C)(C)N1CCCN(C(C)(C)C)S1. The molecule has 84 valence electrons. The third-order valence-electron chi connectivity index (χ3n) is 2.42. The molecular weight excluding hydrogens is 192 g/mol. The van der Waals surface area contributed by atoms with E-state index >= 15 is 0 Å². The summed E-state index contributed by atoms with van der Waals surface area (Å²) in [6.07, 6.45) is 1.28. The average molecular weight is 216 g/mol. The van der Waals surface area contributed by atoms with Gasteiger partial charge in [0.25, 0.3) is 0 Å². The predicted molar refractivity (Wildman–Crippen MR) is 65.1 cm³/mol. The van der Waals surface area contributed by atoms with Crippen LogP contribution in [0.1, 0.15) is 48.0 Å². The van der Waals surface area contributed by atoms with Crippen LogP contribution in [0.15, 0.2) is 0 Å². The summed E-state index contributed by atoms with van der Waals surface area (Å²) in [6.45, 7) is 16.1. The quantitative estimate of drug-likeness (QED) is 0.574. The van der Waals surface area contributed by atoms with Crippen molar-refractivity contribution < 1.29 is 0 Å². The molecule has 1 aliphatic rings. The topological polar surface area (TPSA) is 6.48 Å². The number of hydrogen-bond acceptors (Lipinski definition) is 3. The highest BCUT2D eigenvalue weighted by molar-refractivity contribution is 7.94. The summed E-state index contributed by atoms with van der Waals surface area (Å²) >= 11 is 1.91. The van der Waals surface area contributed by atoms with Gasteiger partial charge in [0, 0.05) is 36.3 Å². The van der Waals surface area contributed by atoms with Crippen molar-refractivity contribution in [2.24, 2.45) is 0 Å². The van der Waals surface area contributed by atoms with Crippen LogP contribution in [0.2, 0.25) is 0 Å². The molecule has 0 saturated carbocycles. The first kappa shape index (κ1) is 12.3. The fourth-order valence-electron chi connectivity index (χ4n) is 1.47. The molecular formula is C11H24N2S. The lowest BCUT2D eigenvalue weighted by Crippen LogP contribution is -2.49. The summed E-state index contributed by atoms with van der Waals surface area (Å²) in [5.41, 5.74) is 0.545. The van der Waals surface area contributed by atoms with Crippen LogP contribution in [0.25, 0.3) is 0 Å². The van der Waals surface area contributed by atoms with Gasteiger partial charge in [0.15, 0.2) is 0 Å².